The van der Waals surface area contributed by atoms with Gasteiger partial charge in [0, 0.05) is 6.42 Å². The van der Waals surface area contributed by atoms with Crippen molar-refractivity contribution < 1.29 is 4.79 Å². The number of Topliss-reactive ketones (excluding diaryl/α,β-unsaturated/α-hetero) is 1. The van der Waals surface area contributed by atoms with Crippen LogP contribution in [0.4, 0.5) is 0 Å². The molecule has 0 spiro atoms. The summed E-state index contributed by atoms with van der Waals surface area (Å²) in [4.78, 5) is 11.4. The number of hydrogen-bond donors (Lipinski definition) is 0. The fourth-order valence-corrected chi connectivity index (χ4v) is 1.16. The van der Waals surface area contributed by atoms with E-state index in [-0.39, 0.29) is 5.78 Å². The molecule has 0 aromatic carbocycles. The van der Waals surface area contributed by atoms with E-state index in [1.807, 2.05) is 13.8 Å². The molecule has 0 saturated carbocycles. The van der Waals surface area contributed by atoms with Crippen molar-refractivity contribution in [3.63, 3.8) is 0 Å². The highest BCUT2D eigenvalue weighted by Crippen LogP contribution is 2.12. The molecule has 0 saturated heterocycles. The first-order valence-electron chi connectivity index (χ1n) is 4.18. The smallest absolute Gasteiger partial charge is 0.183 e. The van der Waals surface area contributed by atoms with Crippen LogP contribution in [0.3, 0.4) is 0 Å². The Morgan fingerprint density at radius 3 is 2.77 bits per heavy atom. The lowest BCUT2D eigenvalue weighted by molar-refractivity contribution is 0.0975. The Labute approximate surface area is 85.7 Å². The van der Waals surface area contributed by atoms with Gasteiger partial charge in [-0.3, -0.25) is 4.79 Å². The van der Waals surface area contributed by atoms with Gasteiger partial charge in [-0.25, -0.2) is 0 Å². The maximum absolute atomic E-state index is 11.4. The number of aryl methyl sites for hydroxylation is 1. The van der Waals surface area contributed by atoms with E-state index in [0.29, 0.717) is 16.7 Å². The standard InChI is InChI=1S/C9H11BrN2O/c1-3-4-8(13)7-5-6(2)9(10)12-11-7/h5H,3-4H2,1-2H3. The number of carbonyl (C=O) groups excluding carboxylic acids is 1. The molecule has 0 N–H and O–H groups in total. The van der Waals surface area contributed by atoms with Crippen molar-refractivity contribution in [1.82, 2.24) is 10.2 Å². The molecule has 0 aliphatic carbocycles. The van der Waals surface area contributed by atoms with Crippen molar-refractivity contribution in [2.24, 2.45) is 0 Å². The molecule has 0 unspecified atom stereocenters. The van der Waals surface area contributed by atoms with Crippen LogP contribution in [-0.4, -0.2) is 16.0 Å². The van der Waals surface area contributed by atoms with Gasteiger partial charge in [-0.1, -0.05) is 6.92 Å². The molecule has 1 rings (SSSR count). The summed E-state index contributed by atoms with van der Waals surface area (Å²) in [6.07, 6.45) is 1.38. The summed E-state index contributed by atoms with van der Waals surface area (Å²) < 4.78 is 0.695. The summed E-state index contributed by atoms with van der Waals surface area (Å²) in [5.41, 5.74) is 1.40. The molecule has 4 heteroatoms. The third-order valence-corrected chi connectivity index (χ3v) is 2.47. The van der Waals surface area contributed by atoms with Crippen LogP contribution >= 0.6 is 15.9 Å². The third-order valence-electron chi connectivity index (χ3n) is 1.69. The highest BCUT2D eigenvalue weighted by Gasteiger charge is 2.08. The zero-order valence-electron chi connectivity index (χ0n) is 7.67. The minimum absolute atomic E-state index is 0.0607. The van der Waals surface area contributed by atoms with Gasteiger partial charge in [-0.2, -0.15) is 0 Å². The van der Waals surface area contributed by atoms with Crippen molar-refractivity contribution in [2.45, 2.75) is 26.7 Å². The average Bonchev–Trinajstić information content (AvgIpc) is 2.10. The topological polar surface area (TPSA) is 42.9 Å². The second-order valence-corrected chi connectivity index (χ2v) is 3.63. The maximum atomic E-state index is 11.4. The van der Waals surface area contributed by atoms with Gasteiger partial charge in [0.25, 0.3) is 0 Å². The number of hydrogen-bond acceptors (Lipinski definition) is 3. The Morgan fingerprint density at radius 1 is 1.54 bits per heavy atom. The van der Waals surface area contributed by atoms with Crippen LogP contribution in [0.1, 0.15) is 35.8 Å². The fraction of sp³-hybridized carbons (Fsp3) is 0.444. The Balaban J connectivity index is 2.90. The summed E-state index contributed by atoms with van der Waals surface area (Å²) in [5.74, 6) is 0.0607. The third kappa shape index (κ3) is 2.59. The zero-order chi connectivity index (χ0) is 9.84. The first-order chi connectivity index (χ1) is 6.15. The predicted octanol–water partition coefficient (Wildman–Crippen LogP) is 2.53. The van der Waals surface area contributed by atoms with E-state index in [4.69, 9.17) is 0 Å². The Hall–Kier alpha value is -0.770. The molecule has 0 atom stereocenters. The second kappa shape index (κ2) is 4.46. The number of ketones is 1. The van der Waals surface area contributed by atoms with E-state index in [1.165, 1.54) is 0 Å². The Bertz CT molecular complexity index is 325. The summed E-state index contributed by atoms with van der Waals surface area (Å²) in [7, 11) is 0. The number of halogens is 1. The fourth-order valence-electron chi connectivity index (χ4n) is 0.962. The highest BCUT2D eigenvalue weighted by atomic mass is 79.9. The lowest BCUT2D eigenvalue weighted by Gasteiger charge is -1.99. The Morgan fingerprint density at radius 2 is 2.23 bits per heavy atom. The molecule has 0 bridgehead atoms. The van der Waals surface area contributed by atoms with Crippen LogP contribution in [-0.2, 0) is 0 Å². The summed E-state index contributed by atoms with van der Waals surface area (Å²) in [6, 6.07) is 1.76. The van der Waals surface area contributed by atoms with Crippen molar-refractivity contribution in [3.05, 3.63) is 21.9 Å². The van der Waals surface area contributed by atoms with Crippen LogP contribution in [0, 0.1) is 6.92 Å². The molecule has 13 heavy (non-hydrogen) atoms. The van der Waals surface area contributed by atoms with Crippen molar-refractivity contribution in [3.8, 4) is 0 Å². The van der Waals surface area contributed by atoms with Crippen molar-refractivity contribution >= 4 is 21.7 Å². The quantitative estimate of drug-likeness (QED) is 0.766. The average molecular weight is 243 g/mol. The molecule has 0 aliphatic rings. The molecule has 70 valence electrons. The van der Waals surface area contributed by atoms with Crippen LogP contribution in [0.15, 0.2) is 10.7 Å². The van der Waals surface area contributed by atoms with E-state index < -0.39 is 0 Å². The number of aromatic nitrogens is 2. The largest absolute Gasteiger partial charge is 0.292 e. The van der Waals surface area contributed by atoms with Gasteiger partial charge < -0.3 is 0 Å². The summed E-state index contributed by atoms with van der Waals surface area (Å²) >= 11 is 3.23. The molecule has 0 amide bonds. The van der Waals surface area contributed by atoms with Gasteiger partial charge in [-0.15, -0.1) is 10.2 Å². The highest BCUT2D eigenvalue weighted by molar-refractivity contribution is 9.10. The summed E-state index contributed by atoms with van der Waals surface area (Å²) in [6.45, 7) is 3.86. The van der Waals surface area contributed by atoms with Gasteiger partial charge in [-0.05, 0) is 40.9 Å². The van der Waals surface area contributed by atoms with Gasteiger partial charge in [0.2, 0.25) is 0 Å². The lowest BCUT2D eigenvalue weighted by Crippen LogP contribution is -2.04. The molecule has 1 aromatic heterocycles. The van der Waals surface area contributed by atoms with Gasteiger partial charge in [0.05, 0.1) is 0 Å². The minimum atomic E-state index is 0.0607. The Kier molecular flexibility index (Phi) is 3.54. The van der Waals surface area contributed by atoms with Crippen LogP contribution in [0.5, 0.6) is 0 Å². The molecular formula is C9H11BrN2O. The molecule has 1 heterocycles. The zero-order valence-corrected chi connectivity index (χ0v) is 9.26. The van der Waals surface area contributed by atoms with Gasteiger partial charge in [0.15, 0.2) is 5.78 Å². The van der Waals surface area contributed by atoms with Crippen molar-refractivity contribution in [2.75, 3.05) is 0 Å². The first kappa shape index (κ1) is 10.3. The molecule has 0 aliphatic heterocycles. The molecule has 3 nitrogen and oxygen atoms in total. The summed E-state index contributed by atoms with van der Waals surface area (Å²) in [5, 5.41) is 7.64. The van der Waals surface area contributed by atoms with E-state index in [9.17, 15) is 4.79 Å². The van der Waals surface area contributed by atoms with Crippen LogP contribution in [0.2, 0.25) is 0 Å². The molecular weight excluding hydrogens is 232 g/mol. The molecule has 0 radical (unpaired) electrons. The van der Waals surface area contributed by atoms with Gasteiger partial charge >= 0.3 is 0 Å². The van der Waals surface area contributed by atoms with Crippen molar-refractivity contribution in [1.29, 1.82) is 0 Å². The van der Waals surface area contributed by atoms with E-state index in [2.05, 4.69) is 26.1 Å². The van der Waals surface area contributed by atoms with Gasteiger partial charge in [0.1, 0.15) is 10.3 Å². The number of carbonyl (C=O) groups is 1. The number of nitrogens with zero attached hydrogens (tertiary/aromatic N) is 2. The second-order valence-electron chi connectivity index (χ2n) is 2.88. The molecule has 0 fully saturated rings. The van der Waals surface area contributed by atoms with E-state index in [0.717, 1.165) is 12.0 Å². The van der Waals surface area contributed by atoms with E-state index in [1.54, 1.807) is 6.07 Å². The first-order valence-corrected chi connectivity index (χ1v) is 4.97. The van der Waals surface area contributed by atoms with E-state index >= 15 is 0 Å². The normalized spacial score (nSPS) is 10.1. The predicted molar refractivity (Wildman–Crippen MR) is 53.7 cm³/mol. The lowest BCUT2D eigenvalue weighted by atomic mass is 10.1. The maximum Gasteiger partial charge on any atom is 0.183 e. The van der Waals surface area contributed by atoms with Crippen LogP contribution in [0.25, 0.3) is 0 Å². The molecule has 1 aromatic rings. The van der Waals surface area contributed by atoms with Crippen LogP contribution < -0.4 is 0 Å². The monoisotopic (exact) mass is 242 g/mol. The minimum Gasteiger partial charge on any atom is -0.292 e. The SMILES string of the molecule is CCCC(=O)c1cc(C)c(Br)nn1. The number of rotatable bonds is 3.